The molecule has 0 spiro atoms. The van der Waals surface area contributed by atoms with E-state index in [1.807, 2.05) is 6.07 Å². The maximum absolute atomic E-state index is 12.1. The van der Waals surface area contributed by atoms with Gasteiger partial charge in [0.05, 0.1) is 12.0 Å². The lowest BCUT2D eigenvalue weighted by Crippen LogP contribution is -2.15. The molecule has 0 radical (unpaired) electrons. The summed E-state index contributed by atoms with van der Waals surface area (Å²) >= 11 is 1.33. The highest BCUT2D eigenvalue weighted by Gasteiger charge is 2.10. The van der Waals surface area contributed by atoms with E-state index in [4.69, 9.17) is 10.2 Å². The van der Waals surface area contributed by atoms with Gasteiger partial charge in [0.15, 0.2) is 5.76 Å². The summed E-state index contributed by atoms with van der Waals surface area (Å²) in [7, 11) is 0. The highest BCUT2D eigenvalue weighted by molar-refractivity contribution is 8.00. The van der Waals surface area contributed by atoms with Crippen molar-refractivity contribution in [3.8, 4) is 0 Å². The highest BCUT2D eigenvalue weighted by Crippen LogP contribution is 2.22. The normalized spacial score (nSPS) is 10.3. The van der Waals surface area contributed by atoms with Crippen molar-refractivity contribution in [2.75, 3.05) is 16.4 Å². The number of primary amides is 1. The quantitative estimate of drug-likeness (QED) is 0.531. The number of amides is 3. The number of nitrogens with two attached hydrogens (primary N) is 1. The van der Waals surface area contributed by atoms with Gasteiger partial charge in [-0.25, -0.2) is 0 Å². The van der Waals surface area contributed by atoms with Crippen molar-refractivity contribution in [1.82, 2.24) is 0 Å². The van der Waals surface area contributed by atoms with Gasteiger partial charge in [0.2, 0.25) is 11.8 Å². The monoisotopic (exact) mass is 395 g/mol. The second kappa shape index (κ2) is 8.92. The Labute approximate surface area is 165 Å². The van der Waals surface area contributed by atoms with E-state index in [1.165, 1.54) is 18.0 Å². The molecule has 0 aliphatic rings. The molecule has 2 aromatic carbocycles. The molecule has 0 saturated carbocycles. The molecular formula is C20H17N3O4S. The van der Waals surface area contributed by atoms with Crippen LogP contribution in [0.3, 0.4) is 0 Å². The second-order valence-corrected chi connectivity index (χ2v) is 6.79. The molecule has 0 unspecified atom stereocenters. The minimum absolute atomic E-state index is 0.188. The Morgan fingerprint density at radius 2 is 1.71 bits per heavy atom. The van der Waals surface area contributed by atoms with E-state index in [2.05, 4.69) is 10.6 Å². The second-order valence-electron chi connectivity index (χ2n) is 5.74. The standard InChI is InChI=1S/C20H17N3O4S/c21-19(25)13-6-8-14(9-7-13)22-18(24)12-28-16-4-1-3-15(11-16)23-20(26)17-5-2-10-27-17/h1-11H,12H2,(H2,21,25)(H,22,24)(H,23,26). The SMILES string of the molecule is NC(=O)c1ccc(NC(=O)CSc2cccc(NC(=O)c3ccco3)c2)cc1. The first-order valence-electron chi connectivity index (χ1n) is 8.29. The van der Waals surface area contributed by atoms with E-state index in [0.717, 1.165) is 4.90 Å². The van der Waals surface area contributed by atoms with Gasteiger partial charge in [0, 0.05) is 21.8 Å². The molecule has 0 aliphatic heterocycles. The van der Waals surface area contributed by atoms with Gasteiger partial charge in [-0.1, -0.05) is 6.07 Å². The van der Waals surface area contributed by atoms with E-state index < -0.39 is 5.91 Å². The number of rotatable bonds is 7. The first-order valence-corrected chi connectivity index (χ1v) is 9.27. The number of hydrogen-bond acceptors (Lipinski definition) is 5. The van der Waals surface area contributed by atoms with Crippen LogP contribution in [0.5, 0.6) is 0 Å². The Kier molecular flexibility index (Phi) is 6.13. The molecule has 0 fully saturated rings. The van der Waals surface area contributed by atoms with Crippen LogP contribution in [0, 0.1) is 0 Å². The molecule has 3 aromatic rings. The van der Waals surface area contributed by atoms with Crippen LogP contribution in [0.1, 0.15) is 20.9 Å². The lowest BCUT2D eigenvalue weighted by Gasteiger charge is -2.08. The zero-order valence-electron chi connectivity index (χ0n) is 14.7. The maximum atomic E-state index is 12.1. The van der Waals surface area contributed by atoms with Crippen LogP contribution in [-0.4, -0.2) is 23.5 Å². The molecule has 1 heterocycles. The first kappa shape index (κ1) is 19.2. The van der Waals surface area contributed by atoms with Crippen molar-refractivity contribution in [1.29, 1.82) is 0 Å². The van der Waals surface area contributed by atoms with Crippen LogP contribution in [0.4, 0.5) is 11.4 Å². The largest absolute Gasteiger partial charge is 0.459 e. The number of hydrogen-bond donors (Lipinski definition) is 3. The van der Waals surface area contributed by atoms with Crippen molar-refractivity contribution >= 4 is 40.9 Å². The Hall–Kier alpha value is -3.52. The summed E-state index contributed by atoms with van der Waals surface area (Å²) in [5.41, 5.74) is 6.75. The fourth-order valence-corrected chi connectivity index (χ4v) is 3.08. The number of furan rings is 1. The number of carbonyl (C=O) groups excluding carboxylic acids is 3. The zero-order valence-corrected chi connectivity index (χ0v) is 15.5. The summed E-state index contributed by atoms with van der Waals surface area (Å²) in [6.07, 6.45) is 1.43. The number of carbonyl (C=O) groups is 3. The van der Waals surface area contributed by atoms with Crippen molar-refractivity contribution in [2.24, 2.45) is 5.73 Å². The Morgan fingerprint density at radius 1 is 0.929 bits per heavy atom. The van der Waals surface area contributed by atoms with Crippen LogP contribution in [0.15, 0.2) is 76.2 Å². The molecule has 0 aliphatic carbocycles. The average Bonchev–Trinajstić information content (AvgIpc) is 3.22. The third-order valence-electron chi connectivity index (χ3n) is 3.66. The fourth-order valence-electron chi connectivity index (χ4n) is 2.33. The van der Waals surface area contributed by atoms with Gasteiger partial charge in [-0.15, -0.1) is 11.8 Å². The Morgan fingerprint density at radius 3 is 2.39 bits per heavy atom. The van der Waals surface area contributed by atoms with E-state index >= 15 is 0 Å². The predicted molar refractivity (Wildman–Crippen MR) is 107 cm³/mol. The van der Waals surface area contributed by atoms with Crippen LogP contribution in [0.25, 0.3) is 0 Å². The maximum Gasteiger partial charge on any atom is 0.291 e. The average molecular weight is 395 g/mol. The fraction of sp³-hybridized carbons (Fsp3) is 0.0500. The van der Waals surface area contributed by atoms with E-state index in [1.54, 1.807) is 54.6 Å². The van der Waals surface area contributed by atoms with Gasteiger partial charge in [-0.2, -0.15) is 0 Å². The Balaban J connectivity index is 1.53. The van der Waals surface area contributed by atoms with Crippen LogP contribution in [0.2, 0.25) is 0 Å². The highest BCUT2D eigenvalue weighted by atomic mass is 32.2. The van der Waals surface area contributed by atoms with Gasteiger partial charge in [0.25, 0.3) is 5.91 Å². The molecule has 3 rings (SSSR count). The minimum atomic E-state index is -0.521. The number of thioether (sulfide) groups is 1. The lowest BCUT2D eigenvalue weighted by molar-refractivity contribution is -0.113. The molecular weight excluding hydrogens is 378 g/mol. The minimum Gasteiger partial charge on any atom is -0.459 e. The summed E-state index contributed by atoms with van der Waals surface area (Å²) in [5, 5.41) is 5.49. The molecule has 28 heavy (non-hydrogen) atoms. The van der Waals surface area contributed by atoms with Crippen molar-refractivity contribution in [3.63, 3.8) is 0 Å². The topological polar surface area (TPSA) is 114 Å². The number of benzene rings is 2. The smallest absolute Gasteiger partial charge is 0.291 e. The molecule has 8 heteroatoms. The van der Waals surface area contributed by atoms with Gasteiger partial charge < -0.3 is 20.8 Å². The van der Waals surface area contributed by atoms with Gasteiger partial charge in [0.1, 0.15) is 0 Å². The van der Waals surface area contributed by atoms with Crippen molar-refractivity contribution in [2.45, 2.75) is 4.90 Å². The molecule has 0 saturated heterocycles. The molecule has 0 atom stereocenters. The third-order valence-corrected chi connectivity index (χ3v) is 4.65. The third kappa shape index (κ3) is 5.24. The van der Waals surface area contributed by atoms with Gasteiger partial charge >= 0.3 is 0 Å². The summed E-state index contributed by atoms with van der Waals surface area (Å²) < 4.78 is 5.06. The van der Waals surface area contributed by atoms with Crippen molar-refractivity contribution in [3.05, 3.63) is 78.3 Å². The molecule has 142 valence electrons. The Bertz CT molecular complexity index is 985. The number of nitrogens with one attached hydrogen (secondary N) is 2. The van der Waals surface area contributed by atoms with Gasteiger partial charge in [-0.05, 0) is 54.6 Å². The van der Waals surface area contributed by atoms with Crippen LogP contribution in [-0.2, 0) is 4.79 Å². The van der Waals surface area contributed by atoms with E-state index in [9.17, 15) is 14.4 Å². The molecule has 4 N–H and O–H groups in total. The summed E-state index contributed by atoms with van der Waals surface area (Å²) in [6.45, 7) is 0. The lowest BCUT2D eigenvalue weighted by atomic mass is 10.2. The molecule has 0 bridgehead atoms. The zero-order chi connectivity index (χ0) is 19.9. The van der Waals surface area contributed by atoms with E-state index in [-0.39, 0.29) is 23.3 Å². The van der Waals surface area contributed by atoms with Gasteiger partial charge in [-0.3, -0.25) is 14.4 Å². The van der Waals surface area contributed by atoms with Crippen LogP contribution < -0.4 is 16.4 Å². The summed E-state index contributed by atoms with van der Waals surface area (Å²) in [6, 6.07) is 16.7. The molecule has 3 amide bonds. The predicted octanol–water partition coefficient (Wildman–Crippen LogP) is 3.36. The van der Waals surface area contributed by atoms with Crippen molar-refractivity contribution < 1.29 is 18.8 Å². The molecule has 1 aromatic heterocycles. The first-order chi connectivity index (χ1) is 13.5. The van der Waals surface area contributed by atoms with Crippen LogP contribution >= 0.6 is 11.8 Å². The summed E-state index contributed by atoms with van der Waals surface area (Å²) in [4.78, 5) is 36.0. The number of anilines is 2. The summed E-state index contributed by atoms with van der Waals surface area (Å²) in [5.74, 6) is -0.647. The van der Waals surface area contributed by atoms with E-state index in [0.29, 0.717) is 16.9 Å². The molecule has 7 nitrogen and oxygen atoms in total.